The van der Waals surface area contributed by atoms with Crippen LogP contribution in [0.4, 0.5) is 5.82 Å². The van der Waals surface area contributed by atoms with Gasteiger partial charge in [-0.25, -0.2) is 4.98 Å². The van der Waals surface area contributed by atoms with Gasteiger partial charge in [-0.05, 0) is 32.9 Å². The summed E-state index contributed by atoms with van der Waals surface area (Å²) in [6.45, 7) is 8.10. The number of anilines is 1. The van der Waals surface area contributed by atoms with Gasteiger partial charge in [0.05, 0.1) is 0 Å². The third-order valence-electron chi connectivity index (χ3n) is 3.38. The average Bonchev–Trinajstić information content (AvgIpc) is 2.46. The van der Waals surface area contributed by atoms with Gasteiger partial charge in [-0.2, -0.15) is 0 Å². The minimum atomic E-state index is -0.521. The van der Waals surface area contributed by atoms with Gasteiger partial charge in [-0.1, -0.05) is 6.07 Å². The summed E-state index contributed by atoms with van der Waals surface area (Å²) >= 11 is 0. The van der Waals surface area contributed by atoms with E-state index in [1.165, 1.54) is 0 Å². The second-order valence-corrected chi connectivity index (χ2v) is 5.54. The Morgan fingerprint density at radius 1 is 1.19 bits per heavy atom. The molecule has 0 bridgehead atoms. The summed E-state index contributed by atoms with van der Waals surface area (Å²) in [4.78, 5) is 32.0. The molecular weight excluding hydrogens is 268 g/mol. The molecule has 0 unspecified atom stereocenters. The number of carbonyl (C=O) groups excluding carboxylic acids is 2. The predicted molar refractivity (Wildman–Crippen MR) is 81.0 cm³/mol. The number of amides is 2. The normalized spacial score (nSPS) is 15.2. The van der Waals surface area contributed by atoms with Crippen LogP contribution < -0.4 is 10.2 Å². The Kier molecular flexibility index (Phi) is 4.77. The summed E-state index contributed by atoms with van der Waals surface area (Å²) in [7, 11) is 0. The quantitative estimate of drug-likeness (QED) is 0.809. The fourth-order valence-corrected chi connectivity index (χ4v) is 2.31. The van der Waals surface area contributed by atoms with Crippen LogP contribution in [0.25, 0.3) is 0 Å². The molecule has 0 saturated carbocycles. The maximum atomic E-state index is 12.0. The number of carbonyl (C=O) groups is 2. The van der Waals surface area contributed by atoms with E-state index in [4.69, 9.17) is 0 Å². The van der Waals surface area contributed by atoms with Crippen molar-refractivity contribution in [2.75, 3.05) is 31.1 Å². The lowest BCUT2D eigenvalue weighted by Gasteiger charge is -2.35. The Balaban J connectivity index is 1.91. The van der Waals surface area contributed by atoms with Crippen molar-refractivity contribution in [3.05, 3.63) is 23.9 Å². The maximum absolute atomic E-state index is 12.0. The molecule has 2 rings (SSSR count). The molecule has 6 heteroatoms. The molecule has 0 aliphatic carbocycles. The highest BCUT2D eigenvalue weighted by Crippen LogP contribution is 2.14. The van der Waals surface area contributed by atoms with Crippen LogP contribution in [0, 0.1) is 6.92 Å². The van der Waals surface area contributed by atoms with Crippen LogP contribution >= 0.6 is 0 Å². The van der Waals surface area contributed by atoms with E-state index in [-0.39, 0.29) is 6.04 Å². The number of aryl methyl sites for hydroxylation is 1. The zero-order valence-electron chi connectivity index (χ0n) is 12.8. The van der Waals surface area contributed by atoms with Gasteiger partial charge in [0.15, 0.2) is 0 Å². The van der Waals surface area contributed by atoms with Gasteiger partial charge < -0.3 is 15.1 Å². The summed E-state index contributed by atoms with van der Waals surface area (Å²) in [5.74, 6) is -0.0404. The van der Waals surface area contributed by atoms with Crippen LogP contribution in [-0.4, -0.2) is 53.9 Å². The van der Waals surface area contributed by atoms with E-state index in [0.29, 0.717) is 26.2 Å². The zero-order valence-corrected chi connectivity index (χ0v) is 12.8. The van der Waals surface area contributed by atoms with Gasteiger partial charge in [0, 0.05) is 37.9 Å². The molecule has 21 heavy (non-hydrogen) atoms. The number of hydrogen-bond acceptors (Lipinski definition) is 4. The van der Waals surface area contributed by atoms with Crippen molar-refractivity contribution >= 4 is 17.6 Å². The number of nitrogens with one attached hydrogen (secondary N) is 1. The van der Waals surface area contributed by atoms with Crippen molar-refractivity contribution in [1.82, 2.24) is 15.2 Å². The van der Waals surface area contributed by atoms with E-state index in [2.05, 4.69) is 15.2 Å². The Morgan fingerprint density at radius 2 is 1.86 bits per heavy atom. The van der Waals surface area contributed by atoms with Crippen molar-refractivity contribution in [2.45, 2.75) is 26.8 Å². The molecule has 0 aromatic carbocycles. The number of piperazine rings is 1. The van der Waals surface area contributed by atoms with E-state index in [0.717, 1.165) is 11.5 Å². The largest absolute Gasteiger partial charge is 0.353 e. The molecule has 1 aliphatic rings. The highest BCUT2D eigenvalue weighted by Gasteiger charge is 2.26. The highest BCUT2D eigenvalue weighted by atomic mass is 16.2. The lowest BCUT2D eigenvalue weighted by atomic mass is 10.2. The van der Waals surface area contributed by atoms with Crippen molar-refractivity contribution in [2.24, 2.45) is 0 Å². The van der Waals surface area contributed by atoms with E-state index >= 15 is 0 Å². The fourth-order valence-electron chi connectivity index (χ4n) is 2.31. The molecule has 0 radical (unpaired) electrons. The third kappa shape index (κ3) is 3.93. The lowest BCUT2D eigenvalue weighted by molar-refractivity contribution is -0.146. The number of aromatic nitrogens is 1. The molecular formula is C15H22N4O2. The molecule has 1 aromatic rings. The van der Waals surface area contributed by atoms with Gasteiger partial charge in [0.25, 0.3) is 0 Å². The van der Waals surface area contributed by atoms with E-state index in [1.54, 1.807) is 4.90 Å². The minimum absolute atomic E-state index is 0.0285. The molecule has 2 amide bonds. The SMILES string of the molecule is Cc1cccc(N2CCN(C(=O)C(=O)NC(C)C)CC2)n1. The summed E-state index contributed by atoms with van der Waals surface area (Å²) < 4.78 is 0. The fraction of sp³-hybridized carbons (Fsp3) is 0.533. The number of nitrogens with zero attached hydrogens (tertiary/aromatic N) is 3. The third-order valence-corrected chi connectivity index (χ3v) is 3.38. The monoisotopic (exact) mass is 290 g/mol. The Morgan fingerprint density at radius 3 is 2.43 bits per heavy atom. The smallest absolute Gasteiger partial charge is 0.312 e. The van der Waals surface area contributed by atoms with Crippen LogP contribution in [0.2, 0.25) is 0 Å². The van der Waals surface area contributed by atoms with Gasteiger partial charge in [-0.3, -0.25) is 9.59 Å². The molecule has 0 spiro atoms. The average molecular weight is 290 g/mol. The molecule has 1 fully saturated rings. The van der Waals surface area contributed by atoms with Gasteiger partial charge >= 0.3 is 11.8 Å². The molecule has 0 atom stereocenters. The zero-order chi connectivity index (χ0) is 15.4. The molecule has 2 heterocycles. The van der Waals surface area contributed by atoms with Crippen LogP contribution in [-0.2, 0) is 9.59 Å². The molecule has 1 aromatic heterocycles. The summed E-state index contributed by atoms with van der Waals surface area (Å²) in [5, 5.41) is 2.63. The first-order valence-corrected chi connectivity index (χ1v) is 7.25. The molecule has 6 nitrogen and oxygen atoms in total. The molecule has 1 saturated heterocycles. The first-order valence-electron chi connectivity index (χ1n) is 7.25. The standard InChI is InChI=1S/C15H22N4O2/c1-11(2)16-14(20)15(21)19-9-7-18(8-10-19)13-6-4-5-12(3)17-13/h4-6,11H,7-10H2,1-3H3,(H,16,20). The van der Waals surface area contributed by atoms with Crippen LogP contribution in [0.15, 0.2) is 18.2 Å². The number of rotatable bonds is 2. The van der Waals surface area contributed by atoms with Crippen LogP contribution in [0.5, 0.6) is 0 Å². The highest BCUT2D eigenvalue weighted by molar-refractivity contribution is 6.35. The summed E-state index contributed by atoms with van der Waals surface area (Å²) in [6.07, 6.45) is 0. The molecule has 1 N–H and O–H groups in total. The first-order chi connectivity index (χ1) is 9.97. The summed E-state index contributed by atoms with van der Waals surface area (Å²) in [5.41, 5.74) is 0.974. The van der Waals surface area contributed by atoms with E-state index in [1.807, 2.05) is 39.0 Å². The Labute approximate surface area is 125 Å². The van der Waals surface area contributed by atoms with Crippen molar-refractivity contribution in [1.29, 1.82) is 0 Å². The molecule has 1 aliphatic heterocycles. The maximum Gasteiger partial charge on any atom is 0.312 e. The van der Waals surface area contributed by atoms with Crippen LogP contribution in [0.3, 0.4) is 0 Å². The van der Waals surface area contributed by atoms with Gasteiger partial charge in [0.2, 0.25) is 0 Å². The number of pyridine rings is 1. The second-order valence-electron chi connectivity index (χ2n) is 5.54. The van der Waals surface area contributed by atoms with E-state index < -0.39 is 11.8 Å². The Hall–Kier alpha value is -2.11. The van der Waals surface area contributed by atoms with Gasteiger partial charge in [0.1, 0.15) is 5.82 Å². The van der Waals surface area contributed by atoms with Gasteiger partial charge in [-0.15, -0.1) is 0 Å². The Bertz CT molecular complexity index is 522. The summed E-state index contributed by atoms with van der Waals surface area (Å²) in [6, 6.07) is 5.88. The second kappa shape index (κ2) is 6.56. The lowest BCUT2D eigenvalue weighted by Crippen LogP contribution is -2.53. The van der Waals surface area contributed by atoms with Crippen molar-refractivity contribution in [3.63, 3.8) is 0 Å². The first kappa shape index (κ1) is 15.3. The minimum Gasteiger partial charge on any atom is -0.353 e. The van der Waals surface area contributed by atoms with Crippen molar-refractivity contribution in [3.8, 4) is 0 Å². The van der Waals surface area contributed by atoms with Crippen molar-refractivity contribution < 1.29 is 9.59 Å². The number of hydrogen-bond donors (Lipinski definition) is 1. The molecule has 114 valence electrons. The van der Waals surface area contributed by atoms with E-state index in [9.17, 15) is 9.59 Å². The van der Waals surface area contributed by atoms with Crippen LogP contribution in [0.1, 0.15) is 19.5 Å². The predicted octanol–water partition coefficient (Wildman–Crippen LogP) is 0.563. The topological polar surface area (TPSA) is 65.5 Å².